The summed E-state index contributed by atoms with van der Waals surface area (Å²) in [5.74, 6) is 0.614. The lowest BCUT2D eigenvalue weighted by atomic mass is 10.3. The van der Waals surface area contributed by atoms with Gasteiger partial charge in [0.25, 0.3) is 4.95 Å². The number of alkyl halides is 1. The predicted molar refractivity (Wildman–Crippen MR) is 42.1 cm³/mol. The van der Waals surface area contributed by atoms with Crippen LogP contribution >= 0.6 is 15.9 Å². The van der Waals surface area contributed by atoms with E-state index in [-0.39, 0.29) is 6.42 Å². The van der Waals surface area contributed by atoms with Crippen LogP contribution in [0, 0.1) is 10.1 Å². The van der Waals surface area contributed by atoms with Crippen molar-refractivity contribution >= 4 is 15.9 Å². The Balaban J connectivity index is 2.50. The molecule has 0 aliphatic heterocycles. The van der Waals surface area contributed by atoms with E-state index in [0.29, 0.717) is 5.76 Å². The minimum Gasteiger partial charge on any atom is -0.469 e. The van der Waals surface area contributed by atoms with Crippen molar-refractivity contribution in [3.05, 3.63) is 34.3 Å². The molecule has 0 aliphatic rings. The molecular formula is C6H6BrNO3. The van der Waals surface area contributed by atoms with Gasteiger partial charge in [-0.2, -0.15) is 0 Å². The zero-order valence-corrected chi connectivity index (χ0v) is 7.15. The van der Waals surface area contributed by atoms with Crippen LogP contribution in [0.2, 0.25) is 0 Å². The molecule has 1 unspecified atom stereocenters. The van der Waals surface area contributed by atoms with Crippen LogP contribution in [-0.4, -0.2) is 9.87 Å². The second-order valence-corrected chi connectivity index (χ2v) is 3.06. The highest BCUT2D eigenvalue weighted by atomic mass is 79.9. The third-order valence-electron chi connectivity index (χ3n) is 1.18. The van der Waals surface area contributed by atoms with E-state index in [1.165, 1.54) is 6.26 Å². The molecule has 0 aromatic carbocycles. The van der Waals surface area contributed by atoms with Crippen molar-refractivity contribution in [2.75, 3.05) is 0 Å². The molecule has 0 amide bonds. The maximum absolute atomic E-state index is 10.1. The van der Waals surface area contributed by atoms with Crippen LogP contribution in [0.25, 0.3) is 0 Å². The summed E-state index contributed by atoms with van der Waals surface area (Å²) in [6.07, 6.45) is 1.77. The molecule has 0 radical (unpaired) electrons. The third-order valence-corrected chi connectivity index (χ3v) is 1.84. The smallest absolute Gasteiger partial charge is 0.272 e. The minimum absolute atomic E-state index is 0.278. The summed E-state index contributed by atoms with van der Waals surface area (Å²) in [5, 5.41) is 10.1. The largest absolute Gasteiger partial charge is 0.469 e. The van der Waals surface area contributed by atoms with E-state index in [9.17, 15) is 10.1 Å². The van der Waals surface area contributed by atoms with Gasteiger partial charge in [-0.15, -0.1) is 0 Å². The van der Waals surface area contributed by atoms with Gasteiger partial charge in [-0.3, -0.25) is 10.1 Å². The first kappa shape index (κ1) is 8.26. The van der Waals surface area contributed by atoms with E-state index in [1.807, 2.05) is 0 Å². The third kappa shape index (κ3) is 2.34. The lowest BCUT2D eigenvalue weighted by Gasteiger charge is -1.97. The first-order valence-corrected chi connectivity index (χ1v) is 3.91. The molecule has 0 fully saturated rings. The van der Waals surface area contributed by atoms with E-state index in [2.05, 4.69) is 15.9 Å². The maximum atomic E-state index is 10.1. The summed E-state index contributed by atoms with van der Waals surface area (Å²) < 4.78 is 4.92. The number of hydrogen-bond acceptors (Lipinski definition) is 3. The Kier molecular flexibility index (Phi) is 2.64. The normalized spacial score (nSPS) is 12.8. The van der Waals surface area contributed by atoms with Crippen LogP contribution in [0.4, 0.5) is 0 Å². The van der Waals surface area contributed by atoms with Gasteiger partial charge in [0, 0.05) is 4.92 Å². The molecule has 1 rings (SSSR count). The second-order valence-electron chi connectivity index (χ2n) is 2.00. The standard InChI is InChI=1S/C6H6BrNO3/c7-6(8(9)10)4-5-2-1-3-11-5/h1-3,6H,4H2. The Bertz CT molecular complexity index is 234. The molecule has 1 atom stereocenters. The van der Waals surface area contributed by atoms with Crippen LogP contribution in [0.1, 0.15) is 5.76 Å². The van der Waals surface area contributed by atoms with Crippen LogP contribution in [0.3, 0.4) is 0 Å². The van der Waals surface area contributed by atoms with Gasteiger partial charge in [-0.25, -0.2) is 0 Å². The molecule has 0 saturated heterocycles. The summed E-state index contributed by atoms with van der Waals surface area (Å²) in [5.41, 5.74) is 0. The van der Waals surface area contributed by atoms with Gasteiger partial charge < -0.3 is 4.42 Å². The molecule has 0 spiro atoms. The first-order chi connectivity index (χ1) is 5.20. The monoisotopic (exact) mass is 219 g/mol. The number of rotatable bonds is 3. The molecule has 1 aromatic heterocycles. The minimum atomic E-state index is -0.756. The summed E-state index contributed by atoms with van der Waals surface area (Å²) >= 11 is 2.90. The van der Waals surface area contributed by atoms with Gasteiger partial charge in [0.05, 0.1) is 12.7 Å². The predicted octanol–water partition coefficient (Wildman–Crippen LogP) is 1.82. The fraction of sp³-hybridized carbons (Fsp3) is 0.333. The zero-order valence-electron chi connectivity index (χ0n) is 5.57. The fourth-order valence-electron chi connectivity index (χ4n) is 0.669. The topological polar surface area (TPSA) is 56.3 Å². The number of nitro groups is 1. The van der Waals surface area contributed by atoms with Crippen LogP contribution in [0.5, 0.6) is 0 Å². The maximum Gasteiger partial charge on any atom is 0.272 e. The highest BCUT2D eigenvalue weighted by molar-refractivity contribution is 9.09. The number of furan rings is 1. The molecule has 1 heterocycles. The Morgan fingerprint density at radius 1 is 1.82 bits per heavy atom. The van der Waals surface area contributed by atoms with E-state index >= 15 is 0 Å². The van der Waals surface area contributed by atoms with Crippen molar-refractivity contribution in [3.8, 4) is 0 Å². The van der Waals surface area contributed by atoms with Crippen molar-refractivity contribution in [2.24, 2.45) is 0 Å². The first-order valence-electron chi connectivity index (χ1n) is 3.00. The molecule has 0 saturated carbocycles. The number of halogens is 1. The number of hydrogen-bond donors (Lipinski definition) is 0. The average molecular weight is 220 g/mol. The van der Waals surface area contributed by atoms with Gasteiger partial charge in [0.2, 0.25) is 0 Å². The van der Waals surface area contributed by atoms with Gasteiger partial charge in [-0.1, -0.05) is 0 Å². The van der Waals surface area contributed by atoms with Crippen molar-refractivity contribution in [2.45, 2.75) is 11.4 Å². The van der Waals surface area contributed by atoms with Crippen molar-refractivity contribution in [1.29, 1.82) is 0 Å². The lowest BCUT2D eigenvalue weighted by molar-refractivity contribution is -0.492. The molecular weight excluding hydrogens is 214 g/mol. The molecule has 4 nitrogen and oxygen atoms in total. The van der Waals surface area contributed by atoms with E-state index in [0.717, 1.165) is 0 Å². The van der Waals surface area contributed by atoms with Gasteiger partial charge >= 0.3 is 0 Å². The van der Waals surface area contributed by atoms with Crippen LogP contribution < -0.4 is 0 Å². The Morgan fingerprint density at radius 2 is 2.55 bits per heavy atom. The molecule has 60 valence electrons. The zero-order chi connectivity index (χ0) is 8.27. The van der Waals surface area contributed by atoms with E-state index < -0.39 is 9.87 Å². The highest BCUT2D eigenvalue weighted by Crippen LogP contribution is 2.10. The van der Waals surface area contributed by atoms with E-state index in [1.54, 1.807) is 12.1 Å². The van der Waals surface area contributed by atoms with Crippen LogP contribution in [-0.2, 0) is 6.42 Å². The SMILES string of the molecule is O=[N+]([O-])C(Br)Cc1ccco1. The Hall–Kier alpha value is -0.840. The Labute approximate surface area is 71.5 Å². The number of nitrogens with zero attached hydrogens (tertiary/aromatic N) is 1. The van der Waals surface area contributed by atoms with Crippen molar-refractivity contribution < 1.29 is 9.34 Å². The molecule has 0 aliphatic carbocycles. The van der Waals surface area contributed by atoms with Crippen molar-refractivity contribution in [1.82, 2.24) is 0 Å². The van der Waals surface area contributed by atoms with Crippen molar-refractivity contribution in [3.63, 3.8) is 0 Å². The fourth-order valence-corrected chi connectivity index (χ4v) is 0.988. The summed E-state index contributed by atoms with van der Waals surface area (Å²) in [7, 11) is 0. The van der Waals surface area contributed by atoms with Gasteiger partial charge in [0.1, 0.15) is 5.76 Å². The highest BCUT2D eigenvalue weighted by Gasteiger charge is 2.16. The molecule has 0 N–H and O–H groups in total. The lowest BCUT2D eigenvalue weighted by Crippen LogP contribution is -2.13. The molecule has 0 bridgehead atoms. The van der Waals surface area contributed by atoms with E-state index in [4.69, 9.17) is 4.42 Å². The molecule has 5 heteroatoms. The Morgan fingerprint density at radius 3 is 3.00 bits per heavy atom. The van der Waals surface area contributed by atoms with Crippen LogP contribution in [0.15, 0.2) is 22.8 Å². The second kappa shape index (κ2) is 3.52. The summed E-state index contributed by atoms with van der Waals surface area (Å²) in [6.45, 7) is 0. The molecule has 1 aromatic rings. The summed E-state index contributed by atoms with van der Waals surface area (Å²) in [4.78, 5) is 8.99. The van der Waals surface area contributed by atoms with Gasteiger partial charge in [0.15, 0.2) is 0 Å². The average Bonchev–Trinajstić information content (AvgIpc) is 2.39. The van der Waals surface area contributed by atoms with Gasteiger partial charge in [-0.05, 0) is 28.1 Å². The quantitative estimate of drug-likeness (QED) is 0.338. The summed E-state index contributed by atoms with van der Waals surface area (Å²) in [6, 6.07) is 3.41. The molecule has 11 heavy (non-hydrogen) atoms.